The molecule has 0 radical (unpaired) electrons. The average molecular weight is 453 g/mol. The summed E-state index contributed by atoms with van der Waals surface area (Å²) in [5.41, 5.74) is 2.17. The van der Waals surface area contributed by atoms with E-state index in [1.165, 1.54) is 6.33 Å². The van der Waals surface area contributed by atoms with Gasteiger partial charge in [-0.2, -0.15) is 0 Å². The number of alkyl carbamates (subject to hydrolysis) is 1. The first-order valence-electron chi connectivity index (χ1n) is 10.7. The van der Waals surface area contributed by atoms with Crippen LogP contribution in [0.4, 0.5) is 4.79 Å². The summed E-state index contributed by atoms with van der Waals surface area (Å²) in [5, 5.41) is 7.72. The van der Waals surface area contributed by atoms with Crippen molar-refractivity contribution in [2.75, 3.05) is 6.54 Å². The van der Waals surface area contributed by atoms with Crippen molar-refractivity contribution < 1.29 is 23.9 Å². The van der Waals surface area contributed by atoms with Crippen LogP contribution in [0.5, 0.6) is 0 Å². The Balaban J connectivity index is 1.69. The summed E-state index contributed by atoms with van der Waals surface area (Å²) in [7, 11) is 0. The van der Waals surface area contributed by atoms with Gasteiger partial charge in [-0.1, -0.05) is 44.2 Å². The maximum atomic E-state index is 13.0. The standard InChI is InChI=1S/C23H27N5O5/c1-14(2)19(28-23(32)33-12-15-6-4-3-5-7-15)21(30)27-18-10-16-11-24-13-26-17(16)8-9-25-22(31)20(18)29/h3-7,11,13-14,18-19H,8-10,12H2,1-2H3,(H,25,31)(H,27,30)(H,28,32). The molecule has 2 atom stereocenters. The first kappa shape index (κ1) is 23.8. The monoisotopic (exact) mass is 453 g/mol. The van der Waals surface area contributed by atoms with Gasteiger partial charge >= 0.3 is 6.09 Å². The number of nitrogens with zero attached hydrogens (tertiary/aromatic N) is 2. The number of amides is 3. The number of aromatic nitrogens is 2. The van der Waals surface area contributed by atoms with E-state index in [2.05, 4.69) is 25.9 Å². The lowest BCUT2D eigenvalue weighted by Crippen LogP contribution is -2.56. The second-order valence-electron chi connectivity index (χ2n) is 8.06. The van der Waals surface area contributed by atoms with E-state index in [0.717, 1.165) is 5.56 Å². The van der Waals surface area contributed by atoms with Gasteiger partial charge in [0, 0.05) is 31.3 Å². The van der Waals surface area contributed by atoms with Crippen LogP contribution in [0, 0.1) is 5.92 Å². The van der Waals surface area contributed by atoms with E-state index in [-0.39, 0.29) is 25.5 Å². The van der Waals surface area contributed by atoms with Crippen LogP contribution >= 0.6 is 0 Å². The van der Waals surface area contributed by atoms with Crippen molar-refractivity contribution >= 4 is 23.7 Å². The Labute approximate surface area is 191 Å². The molecule has 3 N–H and O–H groups in total. The minimum absolute atomic E-state index is 0.0528. The topological polar surface area (TPSA) is 139 Å². The zero-order chi connectivity index (χ0) is 23.8. The minimum atomic E-state index is -1.12. The van der Waals surface area contributed by atoms with E-state index < -0.39 is 35.8 Å². The quantitative estimate of drug-likeness (QED) is 0.547. The van der Waals surface area contributed by atoms with Crippen molar-refractivity contribution in [2.45, 2.75) is 45.4 Å². The van der Waals surface area contributed by atoms with Gasteiger partial charge in [0.05, 0.1) is 0 Å². The third-order valence-corrected chi connectivity index (χ3v) is 5.24. The fraction of sp³-hybridized carbons (Fsp3) is 0.391. The molecular weight excluding hydrogens is 426 g/mol. The summed E-state index contributed by atoms with van der Waals surface area (Å²) in [6.07, 6.45) is 2.72. The number of benzene rings is 1. The highest BCUT2D eigenvalue weighted by atomic mass is 16.5. The molecule has 10 nitrogen and oxygen atoms in total. The molecular formula is C23H27N5O5. The van der Waals surface area contributed by atoms with E-state index in [0.29, 0.717) is 17.7 Å². The predicted molar refractivity (Wildman–Crippen MR) is 118 cm³/mol. The molecule has 0 saturated heterocycles. The lowest BCUT2D eigenvalue weighted by atomic mass is 9.99. The highest BCUT2D eigenvalue weighted by Gasteiger charge is 2.33. The van der Waals surface area contributed by atoms with Crippen molar-refractivity contribution in [1.29, 1.82) is 0 Å². The van der Waals surface area contributed by atoms with Crippen LogP contribution in [-0.4, -0.2) is 52.3 Å². The highest BCUT2D eigenvalue weighted by Crippen LogP contribution is 2.12. The van der Waals surface area contributed by atoms with Crippen molar-refractivity contribution in [3.05, 3.63) is 59.7 Å². The first-order chi connectivity index (χ1) is 15.8. The molecule has 3 rings (SSSR count). The Bertz CT molecular complexity index is 1010. The van der Waals surface area contributed by atoms with Crippen LogP contribution < -0.4 is 16.0 Å². The molecule has 0 fully saturated rings. The van der Waals surface area contributed by atoms with Gasteiger partial charge < -0.3 is 20.7 Å². The molecule has 174 valence electrons. The summed E-state index contributed by atoms with van der Waals surface area (Å²) in [4.78, 5) is 58.4. The molecule has 10 heteroatoms. The Morgan fingerprint density at radius 2 is 1.97 bits per heavy atom. The molecule has 2 unspecified atom stereocenters. The number of carbonyl (C=O) groups is 4. The lowest BCUT2D eigenvalue weighted by Gasteiger charge is -2.24. The Kier molecular flexibility index (Phi) is 8.06. The fourth-order valence-corrected chi connectivity index (χ4v) is 3.44. The van der Waals surface area contributed by atoms with Crippen molar-refractivity contribution in [3.63, 3.8) is 0 Å². The van der Waals surface area contributed by atoms with Gasteiger partial charge in [0.15, 0.2) is 0 Å². The second kappa shape index (κ2) is 11.2. The number of carbonyl (C=O) groups excluding carboxylic acids is 4. The van der Waals surface area contributed by atoms with E-state index in [1.54, 1.807) is 20.0 Å². The third-order valence-electron chi connectivity index (χ3n) is 5.24. The Hall–Kier alpha value is -3.82. The largest absolute Gasteiger partial charge is 0.445 e. The van der Waals surface area contributed by atoms with Gasteiger partial charge in [0.25, 0.3) is 5.91 Å². The van der Waals surface area contributed by atoms with Crippen molar-refractivity contribution in [2.24, 2.45) is 5.92 Å². The normalized spacial score (nSPS) is 17.0. The molecule has 1 aromatic carbocycles. The van der Waals surface area contributed by atoms with Gasteiger partial charge in [-0.05, 0) is 17.0 Å². The van der Waals surface area contributed by atoms with E-state index in [1.807, 2.05) is 30.3 Å². The van der Waals surface area contributed by atoms with E-state index in [9.17, 15) is 19.2 Å². The molecule has 0 aliphatic carbocycles. The van der Waals surface area contributed by atoms with Crippen LogP contribution in [0.25, 0.3) is 0 Å². The van der Waals surface area contributed by atoms with E-state index in [4.69, 9.17) is 4.74 Å². The SMILES string of the molecule is CC(C)C(NC(=O)OCc1ccccc1)C(=O)NC1Cc2cncnc2CCNC(=O)C1=O. The molecule has 2 aromatic rings. The van der Waals surface area contributed by atoms with Crippen molar-refractivity contribution in [3.8, 4) is 0 Å². The maximum absolute atomic E-state index is 13.0. The minimum Gasteiger partial charge on any atom is -0.445 e. The van der Waals surface area contributed by atoms with Gasteiger partial charge in [0.1, 0.15) is 25.0 Å². The smallest absolute Gasteiger partial charge is 0.408 e. The molecule has 33 heavy (non-hydrogen) atoms. The average Bonchev–Trinajstić information content (AvgIpc) is 2.86. The summed E-state index contributed by atoms with van der Waals surface area (Å²) >= 11 is 0. The summed E-state index contributed by atoms with van der Waals surface area (Å²) in [5.74, 6) is -2.44. The number of fused-ring (bicyclic) bond motifs is 1. The van der Waals surface area contributed by atoms with Gasteiger partial charge in [-0.25, -0.2) is 14.8 Å². The molecule has 1 aliphatic rings. The van der Waals surface area contributed by atoms with Crippen molar-refractivity contribution in [1.82, 2.24) is 25.9 Å². The Morgan fingerprint density at radius 1 is 1.21 bits per heavy atom. The van der Waals surface area contributed by atoms with Crippen LogP contribution in [0.2, 0.25) is 0 Å². The summed E-state index contributed by atoms with van der Waals surface area (Å²) in [6, 6.07) is 7.05. The highest BCUT2D eigenvalue weighted by molar-refractivity contribution is 6.38. The van der Waals surface area contributed by atoms with Gasteiger partial charge in [-0.15, -0.1) is 0 Å². The first-order valence-corrected chi connectivity index (χ1v) is 10.7. The zero-order valence-electron chi connectivity index (χ0n) is 18.5. The van der Waals surface area contributed by atoms with Gasteiger partial charge in [0.2, 0.25) is 11.7 Å². The predicted octanol–water partition coefficient (Wildman–Crippen LogP) is 0.696. The summed E-state index contributed by atoms with van der Waals surface area (Å²) in [6.45, 7) is 3.81. The number of hydrogen-bond donors (Lipinski definition) is 3. The Morgan fingerprint density at radius 3 is 2.70 bits per heavy atom. The second-order valence-corrected chi connectivity index (χ2v) is 8.06. The molecule has 1 aromatic heterocycles. The maximum Gasteiger partial charge on any atom is 0.408 e. The van der Waals surface area contributed by atoms with Crippen LogP contribution in [-0.2, 0) is 38.6 Å². The number of ketones is 1. The van der Waals surface area contributed by atoms with Gasteiger partial charge in [-0.3, -0.25) is 14.4 Å². The molecule has 3 amide bonds. The molecule has 1 aliphatic heterocycles. The molecule has 0 saturated carbocycles. The number of nitrogens with one attached hydrogen (secondary N) is 3. The van der Waals surface area contributed by atoms with Crippen LogP contribution in [0.3, 0.4) is 0 Å². The van der Waals surface area contributed by atoms with Crippen LogP contribution in [0.15, 0.2) is 42.9 Å². The molecule has 0 spiro atoms. The lowest BCUT2D eigenvalue weighted by molar-refractivity contribution is -0.140. The number of rotatable bonds is 6. The number of hydrogen-bond acceptors (Lipinski definition) is 7. The van der Waals surface area contributed by atoms with E-state index >= 15 is 0 Å². The molecule has 0 bridgehead atoms. The summed E-state index contributed by atoms with van der Waals surface area (Å²) < 4.78 is 5.21. The third kappa shape index (κ3) is 6.58. The number of ether oxygens (including phenoxy) is 1. The fourth-order valence-electron chi connectivity index (χ4n) is 3.44. The molecule has 2 heterocycles. The van der Waals surface area contributed by atoms with Crippen LogP contribution in [0.1, 0.15) is 30.7 Å². The zero-order valence-corrected chi connectivity index (χ0v) is 18.5. The number of Topliss-reactive ketones (excluding diaryl/α,β-unsaturated/α-hetero) is 1.